The maximum absolute atomic E-state index is 12.9. The van der Waals surface area contributed by atoms with Crippen molar-refractivity contribution < 1.29 is 14.3 Å². The Morgan fingerprint density at radius 1 is 1.13 bits per heavy atom. The number of ether oxygens (including phenoxy) is 1. The van der Waals surface area contributed by atoms with Gasteiger partial charge < -0.3 is 4.74 Å². The summed E-state index contributed by atoms with van der Waals surface area (Å²) in [5.41, 5.74) is 2.79. The lowest BCUT2D eigenvalue weighted by atomic mass is 9.85. The normalized spacial score (nSPS) is 26.4. The SMILES string of the molecule is Cc1ccc(COc2c(Br)cc(Cl)cc2C=NN2C(=O)[C@@H]3[C@H](C2=O)[C@H]2C=C[C@H]3C2)cc1. The van der Waals surface area contributed by atoms with Crippen LogP contribution in [0.4, 0.5) is 0 Å². The van der Waals surface area contributed by atoms with Crippen LogP contribution in [-0.2, 0) is 16.2 Å². The molecule has 2 amide bonds. The van der Waals surface area contributed by atoms with Crippen LogP contribution in [0.25, 0.3) is 0 Å². The molecule has 158 valence electrons. The number of halogens is 2. The van der Waals surface area contributed by atoms with E-state index in [2.05, 4.69) is 33.2 Å². The lowest BCUT2D eigenvalue weighted by molar-refractivity contribution is -0.140. The molecule has 2 bridgehead atoms. The van der Waals surface area contributed by atoms with Crippen LogP contribution in [0.15, 0.2) is 58.1 Å². The highest BCUT2D eigenvalue weighted by molar-refractivity contribution is 9.10. The minimum absolute atomic E-state index is 0.153. The van der Waals surface area contributed by atoms with E-state index < -0.39 is 0 Å². The molecule has 2 aliphatic carbocycles. The number of carbonyl (C=O) groups is 2. The first-order valence-corrected chi connectivity index (χ1v) is 11.4. The zero-order valence-corrected chi connectivity index (χ0v) is 19.1. The highest BCUT2D eigenvalue weighted by Gasteiger charge is 2.59. The lowest BCUT2D eigenvalue weighted by Crippen LogP contribution is -2.28. The molecule has 1 aliphatic heterocycles. The van der Waals surface area contributed by atoms with E-state index in [-0.39, 0.29) is 35.5 Å². The van der Waals surface area contributed by atoms with Crippen LogP contribution < -0.4 is 4.74 Å². The molecule has 2 aromatic carbocycles. The quantitative estimate of drug-likeness (QED) is 0.325. The van der Waals surface area contributed by atoms with Crippen molar-refractivity contribution in [2.24, 2.45) is 28.8 Å². The molecule has 31 heavy (non-hydrogen) atoms. The molecule has 7 heteroatoms. The summed E-state index contributed by atoms with van der Waals surface area (Å²) in [6, 6.07) is 11.5. The largest absolute Gasteiger partial charge is 0.487 e. The minimum Gasteiger partial charge on any atom is -0.487 e. The van der Waals surface area contributed by atoms with Gasteiger partial charge in [-0.2, -0.15) is 10.1 Å². The molecule has 0 spiro atoms. The average molecular weight is 500 g/mol. The van der Waals surface area contributed by atoms with Crippen molar-refractivity contribution in [3.05, 3.63) is 74.7 Å². The Labute approximate surface area is 193 Å². The molecule has 0 aromatic heterocycles. The summed E-state index contributed by atoms with van der Waals surface area (Å²) < 4.78 is 6.71. The summed E-state index contributed by atoms with van der Waals surface area (Å²) in [5, 5.41) is 5.79. The number of amides is 2. The molecule has 2 fully saturated rings. The third-order valence-corrected chi connectivity index (χ3v) is 7.11. The van der Waals surface area contributed by atoms with E-state index >= 15 is 0 Å². The summed E-state index contributed by atoms with van der Waals surface area (Å²) >= 11 is 9.73. The van der Waals surface area contributed by atoms with E-state index in [0.29, 0.717) is 27.4 Å². The number of hydrogen-bond acceptors (Lipinski definition) is 4. The molecule has 4 atom stereocenters. The molecule has 5 nitrogen and oxygen atoms in total. The molecule has 0 radical (unpaired) electrons. The highest BCUT2D eigenvalue weighted by atomic mass is 79.9. The maximum Gasteiger partial charge on any atom is 0.254 e. The second-order valence-electron chi connectivity index (χ2n) is 8.31. The molecule has 5 rings (SSSR count). The number of benzene rings is 2. The molecule has 1 heterocycles. The van der Waals surface area contributed by atoms with Crippen molar-refractivity contribution in [3.63, 3.8) is 0 Å². The minimum atomic E-state index is -0.275. The lowest BCUT2D eigenvalue weighted by Gasteiger charge is -2.14. The zero-order valence-electron chi connectivity index (χ0n) is 16.8. The fourth-order valence-electron chi connectivity index (χ4n) is 4.79. The van der Waals surface area contributed by atoms with E-state index in [1.165, 1.54) is 11.8 Å². The van der Waals surface area contributed by atoms with E-state index in [1.807, 2.05) is 31.2 Å². The predicted molar refractivity (Wildman–Crippen MR) is 122 cm³/mol. The van der Waals surface area contributed by atoms with Crippen LogP contribution in [-0.4, -0.2) is 23.0 Å². The van der Waals surface area contributed by atoms with Gasteiger partial charge >= 0.3 is 0 Å². The number of aryl methyl sites for hydroxylation is 1. The van der Waals surface area contributed by atoms with Crippen molar-refractivity contribution >= 4 is 45.6 Å². The fourth-order valence-corrected chi connectivity index (χ4v) is 5.74. The van der Waals surface area contributed by atoms with E-state index in [9.17, 15) is 9.59 Å². The van der Waals surface area contributed by atoms with Crippen LogP contribution in [0.3, 0.4) is 0 Å². The Morgan fingerprint density at radius 3 is 2.42 bits per heavy atom. The summed E-state index contributed by atoms with van der Waals surface area (Å²) in [5.74, 6) is -0.126. The van der Waals surface area contributed by atoms with Gasteiger partial charge in [-0.1, -0.05) is 53.6 Å². The Hall–Kier alpha value is -2.44. The van der Waals surface area contributed by atoms with Crippen molar-refractivity contribution in [3.8, 4) is 5.75 Å². The molecule has 2 aromatic rings. The monoisotopic (exact) mass is 498 g/mol. The summed E-state index contributed by atoms with van der Waals surface area (Å²) in [7, 11) is 0. The molecular weight excluding hydrogens is 480 g/mol. The van der Waals surface area contributed by atoms with Crippen molar-refractivity contribution in [1.29, 1.82) is 0 Å². The van der Waals surface area contributed by atoms with Gasteiger partial charge in [0.15, 0.2) is 0 Å². The second kappa shape index (κ2) is 7.92. The van der Waals surface area contributed by atoms with Crippen LogP contribution in [0.1, 0.15) is 23.1 Å². The first-order valence-electron chi connectivity index (χ1n) is 10.2. The van der Waals surface area contributed by atoms with Gasteiger partial charge in [-0.15, -0.1) is 0 Å². The van der Waals surface area contributed by atoms with Gasteiger partial charge in [0, 0.05) is 10.6 Å². The first-order chi connectivity index (χ1) is 14.9. The number of allylic oxidation sites excluding steroid dienone is 2. The summed E-state index contributed by atoms with van der Waals surface area (Å²) in [4.78, 5) is 25.7. The van der Waals surface area contributed by atoms with E-state index in [1.54, 1.807) is 12.1 Å². The molecule has 0 N–H and O–H groups in total. The van der Waals surface area contributed by atoms with Gasteiger partial charge in [-0.05, 0) is 58.8 Å². The Bertz CT molecular complexity index is 1100. The summed E-state index contributed by atoms with van der Waals surface area (Å²) in [6.07, 6.45) is 6.50. The Balaban J connectivity index is 1.39. The number of rotatable bonds is 5. The van der Waals surface area contributed by atoms with Crippen molar-refractivity contribution in [1.82, 2.24) is 5.01 Å². The standard InChI is InChI=1S/C24H20BrClN2O3/c1-13-2-4-14(5-3-13)12-31-22-17(9-18(26)10-19(22)25)11-27-28-23(29)20-15-6-7-16(8-15)21(20)24(28)30/h2-7,9-11,15-16,20-21H,8,12H2,1H3/t15-,16-,20-,21+/m0/s1. The Kier molecular flexibility index (Phi) is 5.22. The number of hydrogen-bond donors (Lipinski definition) is 0. The third kappa shape index (κ3) is 3.62. The van der Waals surface area contributed by atoms with E-state index in [0.717, 1.165) is 17.0 Å². The first kappa shape index (κ1) is 20.5. The van der Waals surface area contributed by atoms with Crippen molar-refractivity contribution in [2.75, 3.05) is 0 Å². The van der Waals surface area contributed by atoms with Gasteiger partial charge in [-0.3, -0.25) is 9.59 Å². The number of fused-ring (bicyclic) bond motifs is 5. The number of imide groups is 1. The smallest absolute Gasteiger partial charge is 0.254 e. The molecule has 0 unspecified atom stereocenters. The van der Waals surface area contributed by atoms with Gasteiger partial charge in [-0.25, -0.2) is 0 Å². The highest BCUT2D eigenvalue weighted by Crippen LogP contribution is 2.52. The van der Waals surface area contributed by atoms with Crippen LogP contribution in [0, 0.1) is 30.6 Å². The van der Waals surface area contributed by atoms with Crippen LogP contribution in [0.2, 0.25) is 5.02 Å². The molecule has 1 saturated heterocycles. The van der Waals surface area contributed by atoms with E-state index in [4.69, 9.17) is 16.3 Å². The predicted octanol–water partition coefficient (Wildman–Crippen LogP) is 5.13. The van der Waals surface area contributed by atoms with Crippen LogP contribution in [0.5, 0.6) is 5.75 Å². The fraction of sp³-hybridized carbons (Fsp3) is 0.292. The summed E-state index contributed by atoms with van der Waals surface area (Å²) in [6.45, 7) is 2.40. The third-order valence-electron chi connectivity index (χ3n) is 6.30. The second-order valence-corrected chi connectivity index (χ2v) is 9.60. The van der Waals surface area contributed by atoms with Crippen LogP contribution >= 0.6 is 27.5 Å². The molecular formula is C24H20BrClN2O3. The number of nitrogens with zero attached hydrogens (tertiary/aromatic N) is 2. The van der Waals surface area contributed by atoms with Crippen molar-refractivity contribution in [2.45, 2.75) is 20.0 Å². The number of hydrazone groups is 1. The zero-order chi connectivity index (χ0) is 21.7. The van der Waals surface area contributed by atoms with Gasteiger partial charge in [0.05, 0.1) is 22.5 Å². The average Bonchev–Trinajstić information content (AvgIpc) is 3.41. The molecule has 3 aliphatic rings. The topological polar surface area (TPSA) is 59.0 Å². The number of carbonyl (C=O) groups excluding carboxylic acids is 2. The Morgan fingerprint density at radius 2 is 1.77 bits per heavy atom. The van der Waals surface area contributed by atoms with Gasteiger partial charge in [0.1, 0.15) is 12.4 Å². The van der Waals surface area contributed by atoms with Gasteiger partial charge in [0.2, 0.25) is 0 Å². The van der Waals surface area contributed by atoms with Gasteiger partial charge in [0.25, 0.3) is 11.8 Å². The maximum atomic E-state index is 12.9. The molecule has 1 saturated carbocycles.